The first-order valence-corrected chi connectivity index (χ1v) is 24.2. The van der Waals surface area contributed by atoms with Gasteiger partial charge in [-0.3, -0.25) is 0 Å². The van der Waals surface area contributed by atoms with Crippen LogP contribution < -0.4 is 14.5 Å². The summed E-state index contributed by atoms with van der Waals surface area (Å²) in [6.07, 6.45) is 0. The summed E-state index contributed by atoms with van der Waals surface area (Å²) >= 11 is 0. The summed E-state index contributed by atoms with van der Waals surface area (Å²) in [4.78, 5) is 4.70. The Bertz CT molecular complexity index is 3870. The zero-order chi connectivity index (χ0) is 46.9. The van der Waals surface area contributed by atoms with Crippen molar-refractivity contribution in [2.75, 3.05) is 9.80 Å². The van der Waals surface area contributed by atoms with Gasteiger partial charge in [0.15, 0.2) is 0 Å². The molecular weight excluding hydrogens is 865 g/mol. The molecule has 0 atom stereocenters. The fraction of sp³-hybridized carbons (Fsp3) is 0.0149. The second-order valence-corrected chi connectivity index (χ2v) is 18.4. The number of ether oxygens (including phenoxy) is 1. The van der Waals surface area contributed by atoms with E-state index in [2.05, 4.69) is 271 Å². The molecule has 14 rings (SSSR count). The number of para-hydroxylation sites is 5. The van der Waals surface area contributed by atoms with Crippen LogP contribution in [0.5, 0.6) is 11.5 Å². The highest BCUT2D eigenvalue weighted by Crippen LogP contribution is 2.63. The van der Waals surface area contributed by atoms with E-state index in [-0.39, 0.29) is 0 Å². The van der Waals surface area contributed by atoms with Gasteiger partial charge in [-0.25, -0.2) is 0 Å². The van der Waals surface area contributed by atoms with Gasteiger partial charge < -0.3 is 19.0 Å². The van der Waals surface area contributed by atoms with Crippen molar-refractivity contribution in [2.24, 2.45) is 0 Å². The average molecular weight is 909 g/mol. The highest BCUT2D eigenvalue weighted by molar-refractivity contribution is 6.13. The molecule has 1 aliphatic carbocycles. The molecule has 1 aliphatic heterocycles. The largest absolute Gasteiger partial charge is 0.457 e. The monoisotopic (exact) mass is 908 g/mol. The van der Waals surface area contributed by atoms with Crippen LogP contribution in [0.2, 0.25) is 0 Å². The van der Waals surface area contributed by atoms with E-state index in [0.717, 1.165) is 89.8 Å². The van der Waals surface area contributed by atoms with Crippen molar-refractivity contribution in [1.29, 1.82) is 0 Å². The first kappa shape index (κ1) is 40.7. The molecule has 0 saturated heterocycles. The van der Waals surface area contributed by atoms with E-state index in [0.29, 0.717) is 0 Å². The molecule has 71 heavy (non-hydrogen) atoms. The van der Waals surface area contributed by atoms with Gasteiger partial charge in [0.2, 0.25) is 0 Å². The van der Waals surface area contributed by atoms with Gasteiger partial charge in [0.25, 0.3) is 0 Å². The fourth-order valence-corrected chi connectivity index (χ4v) is 11.4. The van der Waals surface area contributed by atoms with Crippen molar-refractivity contribution in [3.63, 3.8) is 0 Å². The van der Waals surface area contributed by atoms with Gasteiger partial charge in [0.05, 0.1) is 16.5 Å². The van der Waals surface area contributed by atoms with E-state index in [1.165, 1.54) is 33.4 Å². The van der Waals surface area contributed by atoms with Gasteiger partial charge in [0, 0.05) is 45.0 Å². The Balaban J connectivity index is 0.864. The standard InChI is InChI=1S/C67H44N2O2/c1-3-16-49(17-4-1)68(50-18-5-2-6-19-50)51-38-34-47(35-39-51)45-30-32-46(33-31-45)48-36-40-52(41-37-48)69(61-25-15-29-65-66(61)56-21-8-12-26-62(56)70-65)53-42-43-55-54-20-7-9-22-57(54)67(60(55)44-53)58-23-10-13-27-63(58)71-64-28-14-11-24-59(64)67/h1-44H. The molecule has 12 aromatic rings. The van der Waals surface area contributed by atoms with Gasteiger partial charge >= 0.3 is 0 Å². The first-order chi connectivity index (χ1) is 35.2. The van der Waals surface area contributed by atoms with Crippen LogP contribution >= 0.6 is 0 Å². The maximum atomic E-state index is 6.68. The molecule has 11 aromatic carbocycles. The van der Waals surface area contributed by atoms with Gasteiger partial charge in [-0.05, 0) is 136 Å². The number of benzene rings is 11. The molecule has 0 radical (unpaired) electrons. The van der Waals surface area contributed by atoms with Crippen LogP contribution in [0.25, 0.3) is 55.3 Å². The third-order valence-corrected chi connectivity index (χ3v) is 14.5. The van der Waals surface area contributed by atoms with Crippen molar-refractivity contribution < 1.29 is 9.15 Å². The molecule has 2 aliphatic rings. The molecule has 0 fully saturated rings. The lowest BCUT2D eigenvalue weighted by Gasteiger charge is -2.39. The maximum Gasteiger partial charge on any atom is 0.137 e. The molecule has 4 nitrogen and oxygen atoms in total. The number of hydrogen-bond donors (Lipinski definition) is 0. The third-order valence-electron chi connectivity index (χ3n) is 14.5. The first-order valence-electron chi connectivity index (χ1n) is 24.2. The SMILES string of the molecule is c1ccc(N(c2ccccc2)c2ccc(-c3ccc(-c4ccc(N(c5ccc6c(c5)C5(c7ccccc7Oc7ccccc75)c5ccccc5-6)c5cccc6oc7ccccc7c56)cc4)cc3)cc2)cc1. The lowest BCUT2D eigenvalue weighted by atomic mass is 9.66. The van der Waals surface area contributed by atoms with Gasteiger partial charge in [-0.2, -0.15) is 0 Å². The fourth-order valence-electron chi connectivity index (χ4n) is 11.4. The van der Waals surface area contributed by atoms with Gasteiger partial charge in [-0.1, -0.05) is 176 Å². The van der Waals surface area contributed by atoms with E-state index >= 15 is 0 Å². The molecule has 4 heteroatoms. The second-order valence-electron chi connectivity index (χ2n) is 18.4. The van der Waals surface area contributed by atoms with Gasteiger partial charge in [0.1, 0.15) is 22.7 Å². The summed E-state index contributed by atoms with van der Waals surface area (Å²) in [6.45, 7) is 0. The predicted molar refractivity (Wildman–Crippen MR) is 291 cm³/mol. The number of furan rings is 1. The van der Waals surface area contributed by atoms with Crippen molar-refractivity contribution in [3.8, 4) is 44.9 Å². The Labute approximate surface area is 412 Å². The molecule has 2 heterocycles. The van der Waals surface area contributed by atoms with E-state index < -0.39 is 5.41 Å². The summed E-state index contributed by atoms with van der Waals surface area (Å²) in [7, 11) is 0. The zero-order valence-electron chi connectivity index (χ0n) is 38.6. The minimum atomic E-state index is -0.601. The lowest BCUT2D eigenvalue weighted by Crippen LogP contribution is -2.32. The zero-order valence-corrected chi connectivity index (χ0v) is 38.6. The quantitative estimate of drug-likeness (QED) is 0.152. The predicted octanol–water partition coefficient (Wildman–Crippen LogP) is 18.3. The third kappa shape index (κ3) is 6.46. The van der Waals surface area contributed by atoms with E-state index in [1.54, 1.807) is 0 Å². The Morgan fingerprint density at radius 2 is 0.746 bits per heavy atom. The Morgan fingerprint density at radius 3 is 1.37 bits per heavy atom. The van der Waals surface area contributed by atoms with Crippen LogP contribution in [-0.2, 0) is 5.41 Å². The normalized spacial score (nSPS) is 12.7. The van der Waals surface area contributed by atoms with Crippen molar-refractivity contribution in [3.05, 3.63) is 289 Å². The Hall–Kier alpha value is -9.38. The van der Waals surface area contributed by atoms with Crippen LogP contribution in [0.3, 0.4) is 0 Å². The topological polar surface area (TPSA) is 28.9 Å². The van der Waals surface area contributed by atoms with Crippen molar-refractivity contribution in [2.45, 2.75) is 5.41 Å². The van der Waals surface area contributed by atoms with Crippen LogP contribution in [0.4, 0.5) is 34.1 Å². The molecule has 1 aromatic heterocycles. The van der Waals surface area contributed by atoms with E-state index in [4.69, 9.17) is 9.15 Å². The molecule has 0 amide bonds. The maximum absolute atomic E-state index is 6.68. The summed E-state index contributed by atoms with van der Waals surface area (Å²) in [5, 5.41) is 2.15. The summed E-state index contributed by atoms with van der Waals surface area (Å²) in [5.41, 5.74) is 19.5. The summed E-state index contributed by atoms with van der Waals surface area (Å²) in [5.74, 6) is 1.75. The van der Waals surface area contributed by atoms with Crippen molar-refractivity contribution in [1.82, 2.24) is 0 Å². The number of hydrogen-bond acceptors (Lipinski definition) is 4. The molecule has 1 spiro atoms. The minimum absolute atomic E-state index is 0.601. The van der Waals surface area contributed by atoms with E-state index in [1.807, 2.05) is 6.07 Å². The lowest BCUT2D eigenvalue weighted by molar-refractivity contribution is 0.436. The number of fused-ring (bicyclic) bond motifs is 12. The van der Waals surface area contributed by atoms with Gasteiger partial charge in [-0.15, -0.1) is 0 Å². The molecule has 334 valence electrons. The number of anilines is 6. The molecular formula is C67H44N2O2. The molecule has 0 bridgehead atoms. The molecule has 0 N–H and O–H groups in total. The van der Waals surface area contributed by atoms with Crippen LogP contribution in [0.1, 0.15) is 22.3 Å². The van der Waals surface area contributed by atoms with Crippen LogP contribution in [-0.4, -0.2) is 0 Å². The Kier molecular flexibility index (Phi) is 9.39. The van der Waals surface area contributed by atoms with Crippen molar-refractivity contribution >= 4 is 56.1 Å². The smallest absolute Gasteiger partial charge is 0.137 e. The number of rotatable bonds is 8. The Morgan fingerprint density at radius 1 is 0.296 bits per heavy atom. The minimum Gasteiger partial charge on any atom is -0.457 e. The van der Waals surface area contributed by atoms with Crippen LogP contribution in [0.15, 0.2) is 271 Å². The van der Waals surface area contributed by atoms with Crippen LogP contribution in [0, 0.1) is 0 Å². The average Bonchev–Trinajstić information content (AvgIpc) is 3.97. The number of nitrogens with zero attached hydrogens (tertiary/aromatic N) is 2. The summed E-state index contributed by atoms with van der Waals surface area (Å²) < 4.78 is 13.2. The van der Waals surface area contributed by atoms with E-state index in [9.17, 15) is 0 Å². The summed E-state index contributed by atoms with van der Waals surface area (Å²) in [6, 6.07) is 95.6. The molecule has 0 unspecified atom stereocenters. The highest BCUT2D eigenvalue weighted by Gasteiger charge is 2.51. The second kappa shape index (κ2) is 16.4. The molecule has 0 saturated carbocycles. The highest BCUT2D eigenvalue weighted by atomic mass is 16.5.